The summed E-state index contributed by atoms with van der Waals surface area (Å²) in [5.41, 5.74) is 3.39. The number of fused-ring (bicyclic) bond motifs is 1. The van der Waals surface area contributed by atoms with Crippen molar-refractivity contribution >= 4 is 28.4 Å². The fourth-order valence-electron chi connectivity index (χ4n) is 4.38. The largest absolute Gasteiger partial charge is 0.334 e. The summed E-state index contributed by atoms with van der Waals surface area (Å²) < 4.78 is 0. The molecule has 0 bridgehead atoms. The Labute approximate surface area is 181 Å². The van der Waals surface area contributed by atoms with Gasteiger partial charge in [-0.05, 0) is 54.5 Å². The molecule has 30 heavy (non-hydrogen) atoms. The highest BCUT2D eigenvalue weighted by molar-refractivity contribution is 6.30. The molecule has 0 spiro atoms. The third-order valence-electron chi connectivity index (χ3n) is 6.08. The highest BCUT2D eigenvalue weighted by atomic mass is 35.5. The maximum Gasteiger partial charge on any atom is 0.253 e. The molecule has 1 fully saturated rings. The molecule has 0 atom stereocenters. The number of nitrogens with one attached hydrogen (secondary N) is 1. The smallest absolute Gasteiger partial charge is 0.253 e. The van der Waals surface area contributed by atoms with E-state index in [1.54, 1.807) is 0 Å². The molecular formula is C25H27ClN2O2. The van der Waals surface area contributed by atoms with Crippen LogP contribution in [0, 0.1) is 12.8 Å². The van der Waals surface area contributed by atoms with Crippen LogP contribution in [0.25, 0.3) is 10.9 Å². The van der Waals surface area contributed by atoms with Gasteiger partial charge in [-0.15, -0.1) is 0 Å². The predicted octanol–water partition coefficient (Wildman–Crippen LogP) is 5.60. The number of rotatable bonds is 5. The van der Waals surface area contributed by atoms with Crippen molar-refractivity contribution in [3.63, 3.8) is 0 Å². The van der Waals surface area contributed by atoms with E-state index < -0.39 is 0 Å². The summed E-state index contributed by atoms with van der Waals surface area (Å²) in [7, 11) is 0. The minimum atomic E-state index is -0.130. The summed E-state index contributed by atoms with van der Waals surface area (Å²) in [5, 5.41) is 1.66. The van der Waals surface area contributed by atoms with Crippen LogP contribution in [0.15, 0.2) is 53.3 Å². The van der Waals surface area contributed by atoms with E-state index in [2.05, 4.69) is 4.98 Å². The summed E-state index contributed by atoms with van der Waals surface area (Å²) in [6, 6.07) is 15.4. The molecule has 0 radical (unpaired) electrons. The lowest BCUT2D eigenvalue weighted by Gasteiger charge is -2.29. The number of aromatic amines is 1. The Kier molecular flexibility index (Phi) is 6.24. The highest BCUT2D eigenvalue weighted by Crippen LogP contribution is 2.27. The van der Waals surface area contributed by atoms with E-state index in [1.807, 2.05) is 60.4 Å². The lowest BCUT2D eigenvalue weighted by atomic mass is 9.88. The normalized spacial score (nSPS) is 14.7. The number of para-hydroxylation sites is 1. The van der Waals surface area contributed by atoms with Gasteiger partial charge in [-0.25, -0.2) is 0 Å². The number of aryl methyl sites for hydroxylation is 1. The van der Waals surface area contributed by atoms with Gasteiger partial charge in [0.1, 0.15) is 0 Å². The van der Waals surface area contributed by atoms with Crippen LogP contribution in [0.3, 0.4) is 0 Å². The second-order valence-electron chi connectivity index (χ2n) is 8.32. The van der Waals surface area contributed by atoms with Crippen LogP contribution in [-0.2, 0) is 17.9 Å². The molecule has 2 aromatic carbocycles. The molecule has 0 aliphatic heterocycles. The van der Waals surface area contributed by atoms with Crippen molar-refractivity contribution in [3.05, 3.63) is 80.6 Å². The van der Waals surface area contributed by atoms with E-state index in [0.717, 1.165) is 47.7 Å². The number of amides is 1. The number of hydrogen-bond donors (Lipinski definition) is 1. The van der Waals surface area contributed by atoms with Crippen LogP contribution in [-0.4, -0.2) is 15.8 Å². The first-order valence-corrected chi connectivity index (χ1v) is 11.0. The molecule has 3 aromatic rings. The SMILES string of the molecule is Cc1cccc2cc(CN(Cc3ccc(Cl)cc3)C(=O)C3CCCCC3)c(=O)[nH]c12. The van der Waals surface area contributed by atoms with Gasteiger partial charge in [-0.1, -0.05) is 61.2 Å². The Morgan fingerprint density at radius 1 is 1.07 bits per heavy atom. The third kappa shape index (κ3) is 4.59. The van der Waals surface area contributed by atoms with Crippen molar-refractivity contribution in [3.8, 4) is 0 Å². The van der Waals surface area contributed by atoms with Crippen LogP contribution in [0.1, 0.15) is 48.8 Å². The Bertz CT molecular complexity index is 1100. The number of carbonyl (C=O) groups excluding carboxylic acids is 1. The number of benzene rings is 2. The predicted molar refractivity (Wildman–Crippen MR) is 122 cm³/mol. The molecule has 1 heterocycles. The fraction of sp³-hybridized carbons (Fsp3) is 0.360. The number of hydrogen-bond acceptors (Lipinski definition) is 2. The summed E-state index contributed by atoms with van der Waals surface area (Å²) in [4.78, 5) is 31.0. The van der Waals surface area contributed by atoms with Gasteiger partial charge in [0.2, 0.25) is 5.91 Å². The Morgan fingerprint density at radius 2 is 1.80 bits per heavy atom. The molecule has 1 saturated carbocycles. The zero-order valence-corrected chi connectivity index (χ0v) is 18.0. The van der Waals surface area contributed by atoms with Crippen molar-refractivity contribution in [2.45, 2.75) is 52.1 Å². The fourth-order valence-corrected chi connectivity index (χ4v) is 4.51. The molecular weight excluding hydrogens is 396 g/mol. The molecule has 1 aliphatic carbocycles. The van der Waals surface area contributed by atoms with Gasteiger partial charge >= 0.3 is 0 Å². The zero-order chi connectivity index (χ0) is 21.1. The standard InChI is InChI=1S/C25H27ClN2O2/c1-17-6-5-9-20-14-21(24(29)27-23(17)20)16-28(15-18-10-12-22(26)13-11-18)25(30)19-7-3-2-4-8-19/h5-6,9-14,19H,2-4,7-8,15-16H2,1H3,(H,27,29). The minimum absolute atomic E-state index is 0.0489. The van der Waals surface area contributed by atoms with E-state index in [-0.39, 0.29) is 17.4 Å². The molecule has 4 rings (SSSR count). The number of pyridine rings is 1. The van der Waals surface area contributed by atoms with Crippen LogP contribution >= 0.6 is 11.6 Å². The number of H-pyrrole nitrogens is 1. The lowest BCUT2D eigenvalue weighted by molar-refractivity contribution is -0.137. The van der Waals surface area contributed by atoms with Crippen molar-refractivity contribution in [1.82, 2.24) is 9.88 Å². The summed E-state index contributed by atoms with van der Waals surface area (Å²) >= 11 is 6.03. The van der Waals surface area contributed by atoms with Crippen molar-refractivity contribution in [1.29, 1.82) is 0 Å². The second-order valence-corrected chi connectivity index (χ2v) is 8.75. The molecule has 156 valence electrons. The van der Waals surface area contributed by atoms with Crippen molar-refractivity contribution in [2.24, 2.45) is 5.92 Å². The topological polar surface area (TPSA) is 53.2 Å². The van der Waals surface area contributed by atoms with Gasteiger partial charge in [-0.2, -0.15) is 0 Å². The van der Waals surface area contributed by atoms with E-state index in [1.165, 1.54) is 6.42 Å². The van der Waals surface area contributed by atoms with Gasteiger partial charge in [0.25, 0.3) is 5.56 Å². The molecule has 1 N–H and O–H groups in total. The second kappa shape index (κ2) is 9.05. The van der Waals surface area contributed by atoms with E-state index in [0.29, 0.717) is 23.7 Å². The maximum absolute atomic E-state index is 13.4. The molecule has 4 nitrogen and oxygen atoms in total. The van der Waals surface area contributed by atoms with Crippen LogP contribution in [0.2, 0.25) is 5.02 Å². The summed E-state index contributed by atoms with van der Waals surface area (Å²) in [6.07, 6.45) is 5.26. The van der Waals surface area contributed by atoms with E-state index >= 15 is 0 Å². The van der Waals surface area contributed by atoms with Gasteiger partial charge in [0.15, 0.2) is 0 Å². The van der Waals surface area contributed by atoms with Crippen LogP contribution in [0.5, 0.6) is 0 Å². The Balaban J connectivity index is 1.65. The molecule has 1 amide bonds. The highest BCUT2D eigenvalue weighted by Gasteiger charge is 2.27. The molecule has 0 saturated heterocycles. The quantitative estimate of drug-likeness (QED) is 0.581. The number of aromatic nitrogens is 1. The average Bonchev–Trinajstić information content (AvgIpc) is 2.76. The van der Waals surface area contributed by atoms with E-state index in [4.69, 9.17) is 11.6 Å². The molecule has 1 aromatic heterocycles. The first kappa shape index (κ1) is 20.7. The number of carbonyl (C=O) groups is 1. The minimum Gasteiger partial charge on any atom is -0.334 e. The van der Waals surface area contributed by atoms with Crippen LogP contribution in [0.4, 0.5) is 0 Å². The molecule has 1 aliphatic rings. The van der Waals surface area contributed by atoms with Gasteiger partial charge < -0.3 is 9.88 Å². The summed E-state index contributed by atoms with van der Waals surface area (Å²) in [5.74, 6) is 0.196. The van der Waals surface area contributed by atoms with Crippen molar-refractivity contribution in [2.75, 3.05) is 0 Å². The third-order valence-corrected chi connectivity index (χ3v) is 6.33. The maximum atomic E-state index is 13.4. The number of nitrogens with zero attached hydrogens (tertiary/aromatic N) is 1. The molecule has 5 heteroatoms. The monoisotopic (exact) mass is 422 g/mol. The summed E-state index contributed by atoms with van der Waals surface area (Å²) in [6.45, 7) is 2.76. The number of halogens is 1. The van der Waals surface area contributed by atoms with Crippen LogP contribution < -0.4 is 5.56 Å². The molecule has 0 unspecified atom stereocenters. The van der Waals surface area contributed by atoms with E-state index in [9.17, 15) is 9.59 Å². The van der Waals surface area contributed by atoms with Gasteiger partial charge in [0.05, 0.1) is 12.1 Å². The van der Waals surface area contributed by atoms with Gasteiger partial charge in [-0.3, -0.25) is 9.59 Å². The average molecular weight is 423 g/mol. The first-order chi connectivity index (χ1) is 14.5. The Hall–Kier alpha value is -2.59. The zero-order valence-electron chi connectivity index (χ0n) is 17.3. The lowest BCUT2D eigenvalue weighted by Crippen LogP contribution is -2.37. The first-order valence-electron chi connectivity index (χ1n) is 10.7. The Morgan fingerprint density at radius 3 is 2.53 bits per heavy atom. The van der Waals surface area contributed by atoms with Gasteiger partial charge in [0, 0.05) is 23.0 Å². The van der Waals surface area contributed by atoms with Crippen molar-refractivity contribution < 1.29 is 4.79 Å².